The van der Waals surface area contributed by atoms with Gasteiger partial charge in [-0.3, -0.25) is 4.79 Å². The number of carbonyl (C=O) groups is 1. The van der Waals surface area contributed by atoms with Crippen LogP contribution >= 0.6 is 0 Å². The van der Waals surface area contributed by atoms with E-state index in [0.29, 0.717) is 11.1 Å². The van der Waals surface area contributed by atoms with Crippen LogP contribution in [0.5, 0.6) is 0 Å². The highest BCUT2D eigenvalue weighted by Gasteiger charge is 2.05. The summed E-state index contributed by atoms with van der Waals surface area (Å²) in [4.78, 5) is 18.2. The molecule has 0 aliphatic heterocycles. The zero-order valence-corrected chi connectivity index (χ0v) is 9.30. The highest BCUT2D eigenvalue weighted by atomic mass is 19.1. The Bertz CT molecular complexity index is 558. The van der Waals surface area contributed by atoms with Gasteiger partial charge in [0.15, 0.2) is 0 Å². The molecule has 1 heterocycles. The minimum atomic E-state index is -1.00. The molecule has 0 aliphatic rings. The molecule has 1 aromatic carbocycles. The molecule has 92 valence electrons. The van der Waals surface area contributed by atoms with Gasteiger partial charge in [0.25, 0.3) is 0 Å². The van der Waals surface area contributed by atoms with Crippen LogP contribution < -0.4 is 5.32 Å². The van der Waals surface area contributed by atoms with Crippen LogP contribution in [0.4, 0.5) is 10.3 Å². The van der Waals surface area contributed by atoms with Crippen LogP contribution in [0.1, 0.15) is 0 Å². The van der Waals surface area contributed by atoms with Gasteiger partial charge < -0.3 is 10.4 Å². The molecule has 0 radical (unpaired) electrons. The number of hydrogen-bond donors (Lipinski definition) is 2. The molecule has 0 amide bonds. The lowest BCUT2D eigenvalue weighted by Crippen LogP contribution is -2.14. The number of benzene rings is 1. The van der Waals surface area contributed by atoms with Crippen molar-refractivity contribution in [1.29, 1.82) is 0 Å². The Balaban J connectivity index is 2.17. The predicted molar refractivity (Wildman–Crippen MR) is 63.6 cm³/mol. The first kappa shape index (κ1) is 12.0. The SMILES string of the molecule is O=C(O)CNc1ncc(-c2ccccc2F)cn1. The van der Waals surface area contributed by atoms with Gasteiger partial charge in [0.2, 0.25) is 5.95 Å². The number of carboxylic acid groups (broad SMARTS) is 1. The second-order valence-electron chi connectivity index (χ2n) is 3.52. The van der Waals surface area contributed by atoms with Crippen LogP contribution in [-0.2, 0) is 4.79 Å². The molecule has 0 unspecified atom stereocenters. The Labute approximate surface area is 102 Å². The van der Waals surface area contributed by atoms with E-state index in [2.05, 4.69) is 15.3 Å². The first-order valence-electron chi connectivity index (χ1n) is 5.19. The summed E-state index contributed by atoms with van der Waals surface area (Å²) in [6, 6.07) is 6.29. The average molecular weight is 247 g/mol. The maximum atomic E-state index is 13.5. The van der Waals surface area contributed by atoms with Crippen LogP contribution in [0.25, 0.3) is 11.1 Å². The first-order valence-corrected chi connectivity index (χ1v) is 5.19. The lowest BCUT2D eigenvalue weighted by Gasteiger charge is -2.04. The number of nitrogens with one attached hydrogen (secondary N) is 1. The number of hydrogen-bond acceptors (Lipinski definition) is 4. The van der Waals surface area contributed by atoms with E-state index >= 15 is 0 Å². The molecule has 18 heavy (non-hydrogen) atoms. The van der Waals surface area contributed by atoms with Crippen LogP contribution in [-0.4, -0.2) is 27.6 Å². The van der Waals surface area contributed by atoms with Crippen molar-refractivity contribution < 1.29 is 14.3 Å². The van der Waals surface area contributed by atoms with E-state index < -0.39 is 5.97 Å². The van der Waals surface area contributed by atoms with Gasteiger partial charge in [0, 0.05) is 23.5 Å². The molecule has 0 spiro atoms. The second-order valence-corrected chi connectivity index (χ2v) is 3.52. The lowest BCUT2D eigenvalue weighted by molar-refractivity contribution is -0.134. The van der Waals surface area contributed by atoms with Crippen molar-refractivity contribution in [3.05, 3.63) is 42.5 Å². The van der Waals surface area contributed by atoms with Crippen molar-refractivity contribution in [3.8, 4) is 11.1 Å². The van der Waals surface area contributed by atoms with E-state index in [9.17, 15) is 9.18 Å². The summed E-state index contributed by atoms with van der Waals surface area (Å²) in [5.41, 5.74) is 0.941. The number of rotatable bonds is 4. The highest BCUT2D eigenvalue weighted by Crippen LogP contribution is 2.21. The van der Waals surface area contributed by atoms with Crippen LogP contribution in [0.15, 0.2) is 36.7 Å². The minimum absolute atomic E-state index is 0.192. The number of aliphatic carboxylic acids is 1. The first-order chi connectivity index (χ1) is 8.66. The van der Waals surface area contributed by atoms with Gasteiger partial charge in [-0.25, -0.2) is 14.4 Å². The Morgan fingerprint density at radius 1 is 1.28 bits per heavy atom. The third-order valence-corrected chi connectivity index (χ3v) is 2.23. The molecule has 0 saturated carbocycles. The van der Waals surface area contributed by atoms with Crippen molar-refractivity contribution in [2.75, 3.05) is 11.9 Å². The zero-order valence-electron chi connectivity index (χ0n) is 9.30. The minimum Gasteiger partial charge on any atom is -0.480 e. The molecule has 2 aromatic rings. The summed E-state index contributed by atoms with van der Waals surface area (Å²) in [7, 11) is 0. The number of aromatic nitrogens is 2. The number of anilines is 1. The maximum absolute atomic E-state index is 13.5. The monoisotopic (exact) mass is 247 g/mol. The molecule has 2 N–H and O–H groups in total. The molecular formula is C12H10FN3O2. The van der Waals surface area contributed by atoms with Crippen LogP contribution in [0.3, 0.4) is 0 Å². The number of halogens is 1. The van der Waals surface area contributed by atoms with Crippen LogP contribution in [0, 0.1) is 5.82 Å². The van der Waals surface area contributed by atoms with Crippen molar-refractivity contribution >= 4 is 11.9 Å². The molecule has 2 rings (SSSR count). The molecule has 5 nitrogen and oxygen atoms in total. The third kappa shape index (κ3) is 2.79. The van der Waals surface area contributed by atoms with E-state index in [4.69, 9.17) is 5.11 Å². The van der Waals surface area contributed by atoms with E-state index in [-0.39, 0.29) is 18.3 Å². The zero-order chi connectivity index (χ0) is 13.0. The molecule has 0 saturated heterocycles. The summed E-state index contributed by atoms with van der Waals surface area (Å²) in [6.07, 6.45) is 2.88. The van der Waals surface area contributed by atoms with Crippen molar-refractivity contribution in [2.24, 2.45) is 0 Å². The molecule has 0 fully saturated rings. The molecule has 0 aliphatic carbocycles. The standard InChI is InChI=1S/C12H10FN3O2/c13-10-4-2-1-3-9(10)8-5-14-12(15-6-8)16-7-11(17)18/h1-6H,7H2,(H,17,18)(H,14,15,16). The summed E-state index contributed by atoms with van der Waals surface area (Å²) in [5, 5.41) is 11.0. The molecule has 0 atom stereocenters. The van der Waals surface area contributed by atoms with Crippen molar-refractivity contribution in [1.82, 2.24) is 9.97 Å². The van der Waals surface area contributed by atoms with Gasteiger partial charge in [0.1, 0.15) is 12.4 Å². The second kappa shape index (κ2) is 5.22. The summed E-state index contributed by atoms with van der Waals surface area (Å²) in [6.45, 7) is -0.265. The van der Waals surface area contributed by atoms with E-state index in [1.165, 1.54) is 18.5 Å². The Kier molecular flexibility index (Phi) is 3.47. The van der Waals surface area contributed by atoms with Crippen LogP contribution in [0.2, 0.25) is 0 Å². The fourth-order valence-electron chi connectivity index (χ4n) is 1.41. The lowest BCUT2D eigenvalue weighted by atomic mass is 10.1. The predicted octanol–water partition coefficient (Wildman–Crippen LogP) is 1.78. The van der Waals surface area contributed by atoms with Gasteiger partial charge in [-0.05, 0) is 6.07 Å². The maximum Gasteiger partial charge on any atom is 0.322 e. The topological polar surface area (TPSA) is 75.1 Å². The summed E-state index contributed by atoms with van der Waals surface area (Å²) in [5.74, 6) is -1.17. The molecular weight excluding hydrogens is 237 g/mol. The van der Waals surface area contributed by atoms with Crippen molar-refractivity contribution in [3.63, 3.8) is 0 Å². The largest absolute Gasteiger partial charge is 0.480 e. The van der Waals surface area contributed by atoms with Gasteiger partial charge in [-0.1, -0.05) is 18.2 Å². The Morgan fingerprint density at radius 2 is 1.94 bits per heavy atom. The number of nitrogens with zero attached hydrogens (tertiary/aromatic N) is 2. The fraction of sp³-hybridized carbons (Fsp3) is 0.0833. The quantitative estimate of drug-likeness (QED) is 0.861. The van der Waals surface area contributed by atoms with E-state index in [1.807, 2.05) is 0 Å². The third-order valence-electron chi connectivity index (χ3n) is 2.23. The fourth-order valence-corrected chi connectivity index (χ4v) is 1.41. The Hall–Kier alpha value is -2.50. The Morgan fingerprint density at radius 3 is 2.56 bits per heavy atom. The number of carboxylic acids is 1. The summed E-state index contributed by atoms with van der Waals surface area (Å²) < 4.78 is 13.5. The van der Waals surface area contributed by atoms with Gasteiger partial charge in [-0.2, -0.15) is 0 Å². The van der Waals surface area contributed by atoms with Gasteiger partial charge in [0.05, 0.1) is 0 Å². The highest BCUT2D eigenvalue weighted by molar-refractivity contribution is 5.72. The van der Waals surface area contributed by atoms with Gasteiger partial charge in [-0.15, -0.1) is 0 Å². The molecule has 1 aromatic heterocycles. The molecule has 6 heteroatoms. The normalized spacial score (nSPS) is 10.1. The van der Waals surface area contributed by atoms with Gasteiger partial charge >= 0.3 is 5.97 Å². The molecule has 0 bridgehead atoms. The smallest absolute Gasteiger partial charge is 0.322 e. The van der Waals surface area contributed by atoms with Crippen molar-refractivity contribution in [2.45, 2.75) is 0 Å². The van der Waals surface area contributed by atoms with E-state index in [1.54, 1.807) is 18.2 Å². The average Bonchev–Trinajstić information content (AvgIpc) is 2.38. The van der Waals surface area contributed by atoms with E-state index in [0.717, 1.165) is 0 Å². The summed E-state index contributed by atoms with van der Waals surface area (Å²) >= 11 is 0.